The second-order valence-electron chi connectivity index (χ2n) is 5.34. The van der Waals surface area contributed by atoms with Crippen molar-refractivity contribution in [3.05, 3.63) is 6.20 Å². The van der Waals surface area contributed by atoms with Gasteiger partial charge in [-0.3, -0.25) is 5.10 Å². The second-order valence-corrected chi connectivity index (χ2v) is 5.34. The number of anilines is 2. The molecule has 19 heavy (non-hydrogen) atoms. The number of nitrogen functional groups attached to an aromatic ring is 1. The van der Waals surface area contributed by atoms with Crippen LogP contribution in [0.25, 0.3) is 11.0 Å². The van der Waals surface area contributed by atoms with Crippen LogP contribution in [0.15, 0.2) is 6.20 Å². The first-order valence-electron chi connectivity index (χ1n) is 6.99. The first-order chi connectivity index (χ1) is 9.26. The van der Waals surface area contributed by atoms with Crippen molar-refractivity contribution in [2.24, 2.45) is 5.92 Å². The number of aromatic nitrogens is 4. The minimum atomic E-state index is 0.280. The maximum atomic E-state index is 5.73. The van der Waals surface area contributed by atoms with Crippen LogP contribution in [0.4, 0.5) is 11.8 Å². The van der Waals surface area contributed by atoms with Gasteiger partial charge in [0.25, 0.3) is 0 Å². The van der Waals surface area contributed by atoms with E-state index in [1.807, 2.05) is 0 Å². The Hall–Kier alpha value is -1.85. The summed E-state index contributed by atoms with van der Waals surface area (Å²) < 4.78 is 0. The van der Waals surface area contributed by atoms with Gasteiger partial charge in [-0.05, 0) is 18.8 Å². The van der Waals surface area contributed by atoms with Crippen LogP contribution < -0.4 is 11.1 Å². The van der Waals surface area contributed by atoms with Gasteiger partial charge in [0.1, 0.15) is 5.82 Å². The van der Waals surface area contributed by atoms with Crippen LogP contribution in [0.3, 0.4) is 0 Å². The van der Waals surface area contributed by atoms with Crippen LogP contribution in [0.2, 0.25) is 0 Å². The number of hydrogen-bond acceptors (Lipinski definition) is 5. The summed E-state index contributed by atoms with van der Waals surface area (Å²) in [6.45, 7) is 2.27. The summed E-state index contributed by atoms with van der Waals surface area (Å²) in [5.74, 6) is 1.91. The smallest absolute Gasteiger partial charge is 0.224 e. The summed E-state index contributed by atoms with van der Waals surface area (Å²) in [5, 5.41) is 11.3. The zero-order valence-corrected chi connectivity index (χ0v) is 11.2. The Kier molecular flexibility index (Phi) is 3.23. The summed E-state index contributed by atoms with van der Waals surface area (Å²) in [6, 6.07) is 0.478. The third-order valence-electron chi connectivity index (χ3n) is 4.03. The minimum absolute atomic E-state index is 0.280. The Bertz CT molecular complexity index is 563. The molecule has 0 aliphatic heterocycles. The van der Waals surface area contributed by atoms with Crippen molar-refractivity contribution in [3.63, 3.8) is 0 Å². The van der Waals surface area contributed by atoms with Crippen LogP contribution in [0.1, 0.15) is 39.0 Å². The molecule has 6 nitrogen and oxygen atoms in total. The lowest BCUT2D eigenvalue weighted by Crippen LogP contribution is -2.27. The van der Waals surface area contributed by atoms with Crippen LogP contribution in [-0.2, 0) is 0 Å². The van der Waals surface area contributed by atoms with Gasteiger partial charge in [0, 0.05) is 6.04 Å². The number of rotatable bonds is 3. The number of H-pyrrole nitrogens is 1. The normalized spacial score (nSPS) is 23.6. The van der Waals surface area contributed by atoms with Crippen molar-refractivity contribution in [2.45, 2.75) is 45.1 Å². The highest BCUT2D eigenvalue weighted by molar-refractivity contribution is 5.86. The van der Waals surface area contributed by atoms with Crippen LogP contribution >= 0.6 is 0 Å². The standard InChI is InChI=1S/C13H20N6/c1-2-8-4-3-5-9(6-8)16-11-10-7-15-19-12(10)18-13(14)17-11/h7-9H,2-6H2,1H3,(H4,14,15,16,17,18,19). The van der Waals surface area contributed by atoms with E-state index in [0.29, 0.717) is 11.7 Å². The van der Waals surface area contributed by atoms with Gasteiger partial charge >= 0.3 is 0 Å². The lowest BCUT2D eigenvalue weighted by Gasteiger charge is -2.29. The van der Waals surface area contributed by atoms with Crippen molar-refractivity contribution in [1.82, 2.24) is 20.2 Å². The van der Waals surface area contributed by atoms with E-state index in [0.717, 1.165) is 17.1 Å². The quantitative estimate of drug-likeness (QED) is 0.787. The highest BCUT2D eigenvalue weighted by atomic mass is 15.2. The van der Waals surface area contributed by atoms with Gasteiger partial charge in [-0.15, -0.1) is 0 Å². The largest absolute Gasteiger partial charge is 0.368 e. The summed E-state index contributed by atoms with van der Waals surface area (Å²) in [6.07, 6.45) is 8.04. The molecule has 0 aromatic carbocycles. The molecule has 3 rings (SSSR count). The number of hydrogen-bond donors (Lipinski definition) is 3. The Morgan fingerprint density at radius 2 is 2.32 bits per heavy atom. The number of aromatic amines is 1. The summed E-state index contributed by atoms with van der Waals surface area (Å²) in [5.41, 5.74) is 6.42. The van der Waals surface area contributed by atoms with Crippen LogP contribution in [0.5, 0.6) is 0 Å². The zero-order valence-electron chi connectivity index (χ0n) is 11.2. The SMILES string of the molecule is CCC1CCCC(Nc2nc(N)nc3[nH]ncc23)C1. The number of nitrogens with two attached hydrogens (primary N) is 1. The van der Waals surface area contributed by atoms with E-state index in [9.17, 15) is 0 Å². The molecule has 0 spiro atoms. The molecule has 2 aromatic heterocycles. The maximum Gasteiger partial charge on any atom is 0.224 e. The van der Waals surface area contributed by atoms with E-state index in [2.05, 4.69) is 32.4 Å². The third kappa shape index (κ3) is 2.47. The van der Waals surface area contributed by atoms with Crippen LogP contribution in [-0.4, -0.2) is 26.2 Å². The van der Waals surface area contributed by atoms with E-state index >= 15 is 0 Å². The molecule has 2 aromatic rings. The molecule has 1 aliphatic rings. The van der Waals surface area contributed by atoms with Crippen molar-refractivity contribution in [3.8, 4) is 0 Å². The molecule has 2 atom stereocenters. The fourth-order valence-electron chi connectivity index (χ4n) is 2.95. The summed E-state index contributed by atoms with van der Waals surface area (Å²) >= 11 is 0. The first kappa shape index (κ1) is 12.2. The van der Waals surface area contributed by atoms with E-state index in [1.165, 1.54) is 32.1 Å². The van der Waals surface area contributed by atoms with Gasteiger partial charge in [-0.2, -0.15) is 15.1 Å². The molecule has 2 unspecified atom stereocenters. The molecule has 1 saturated carbocycles. The molecule has 2 heterocycles. The van der Waals surface area contributed by atoms with E-state index < -0.39 is 0 Å². The molecule has 0 saturated heterocycles. The first-order valence-corrected chi connectivity index (χ1v) is 6.99. The molecule has 0 amide bonds. The van der Waals surface area contributed by atoms with Gasteiger partial charge < -0.3 is 11.1 Å². The van der Waals surface area contributed by atoms with Gasteiger partial charge in [0.05, 0.1) is 11.6 Å². The fraction of sp³-hybridized carbons (Fsp3) is 0.615. The molecule has 4 N–H and O–H groups in total. The lowest BCUT2D eigenvalue weighted by atomic mass is 9.84. The maximum absolute atomic E-state index is 5.73. The second kappa shape index (κ2) is 5.03. The molecule has 0 bridgehead atoms. The van der Waals surface area contributed by atoms with Crippen molar-refractivity contribution in [2.75, 3.05) is 11.1 Å². The van der Waals surface area contributed by atoms with Gasteiger partial charge in [-0.1, -0.05) is 26.2 Å². The number of fused-ring (bicyclic) bond motifs is 1. The molecule has 6 heteroatoms. The third-order valence-corrected chi connectivity index (χ3v) is 4.03. The Morgan fingerprint density at radius 1 is 1.42 bits per heavy atom. The predicted octanol–water partition coefficient (Wildman–Crippen LogP) is 2.32. The Morgan fingerprint density at radius 3 is 3.16 bits per heavy atom. The van der Waals surface area contributed by atoms with Crippen molar-refractivity contribution < 1.29 is 0 Å². The van der Waals surface area contributed by atoms with E-state index in [-0.39, 0.29) is 5.95 Å². The highest BCUT2D eigenvalue weighted by Crippen LogP contribution is 2.29. The van der Waals surface area contributed by atoms with Gasteiger partial charge in [0.2, 0.25) is 5.95 Å². The van der Waals surface area contributed by atoms with Gasteiger partial charge in [-0.25, -0.2) is 0 Å². The van der Waals surface area contributed by atoms with E-state index in [4.69, 9.17) is 5.73 Å². The predicted molar refractivity (Wildman–Crippen MR) is 75.8 cm³/mol. The monoisotopic (exact) mass is 260 g/mol. The van der Waals surface area contributed by atoms with Gasteiger partial charge in [0.15, 0.2) is 5.65 Å². The zero-order chi connectivity index (χ0) is 13.2. The average molecular weight is 260 g/mol. The van der Waals surface area contributed by atoms with Crippen molar-refractivity contribution >= 4 is 22.8 Å². The fourth-order valence-corrected chi connectivity index (χ4v) is 2.95. The van der Waals surface area contributed by atoms with Crippen molar-refractivity contribution in [1.29, 1.82) is 0 Å². The highest BCUT2D eigenvalue weighted by Gasteiger charge is 2.22. The molecule has 1 aliphatic carbocycles. The Labute approximate surface area is 112 Å². The molecular weight excluding hydrogens is 240 g/mol. The molecule has 0 radical (unpaired) electrons. The van der Waals surface area contributed by atoms with E-state index in [1.54, 1.807) is 6.20 Å². The molecule has 1 fully saturated rings. The van der Waals surface area contributed by atoms with Crippen LogP contribution in [0, 0.1) is 5.92 Å². The molecule has 102 valence electrons. The number of nitrogens with zero attached hydrogens (tertiary/aromatic N) is 3. The number of nitrogens with one attached hydrogen (secondary N) is 2. The minimum Gasteiger partial charge on any atom is -0.368 e. The Balaban J connectivity index is 1.82. The average Bonchev–Trinajstić information content (AvgIpc) is 2.87. The topological polar surface area (TPSA) is 92.5 Å². The summed E-state index contributed by atoms with van der Waals surface area (Å²) in [7, 11) is 0. The molecular formula is C13H20N6. The summed E-state index contributed by atoms with van der Waals surface area (Å²) in [4.78, 5) is 8.44. The lowest BCUT2D eigenvalue weighted by molar-refractivity contribution is 0.327.